The molecule has 0 atom stereocenters. The van der Waals surface area contributed by atoms with E-state index in [9.17, 15) is 4.79 Å². The van der Waals surface area contributed by atoms with Crippen molar-refractivity contribution in [3.05, 3.63) is 28.8 Å². The van der Waals surface area contributed by atoms with Crippen molar-refractivity contribution in [3.8, 4) is 5.75 Å². The van der Waals surface area contributed by atoms with Crippen LogP contribution in [0, 0.1) is 0 Å². The lowest BCUT2D eigenvalue weighted by molar-refractivity contribution is -0.117. The Morgan fingerprint density at radius 2 is 2.19 bits per heavy atom. The number of hydrogen-bond acceptors (Lipinski definition) is 4. The van der Waals surface area contributed by atoms with Crippen LogP contribution in [0.4, 0.5) is 0 Å². The molecule has 0 aromatic heterocycles. The molecule has 0 unspecified atom stereocenters. The van der Waals surface area contributed by atoms with Gasteiger partial charge < -0.3 is 20.7 Å². The van der Waals surface area contributed by atoms with Crippen LogP contribution in [0.25, 0.3) is 0 Å². The molecular weight excluding hydrogens is 290 g/mol. The summed E-state index contributed by atoms with van der Waals surface area (Å²) in [5.41, 5.74) is 6.19. The summed E-state index contributed by atoms with van der Waals surface area (Å²) < 4.78 is 5.80. The number of benzene rings is 1. The number of nitrogens with one attached hydrogen (secondary N) is 1. The number of aryl methyl sites for hydroxylation is 1. The molecule has 3 N–H and O–H groups in total. The summed E-state index contributed by atoms with van der Waals surface area (Å²) in [5.74, 6) is 0.494. The second-order valence-corrected chi connectivity index (χ2v) is 5.59. The van der Waals surface area contributed by atoms with E-state index in [0.29, 0.717) is 11.6 Å². The monoisotopic (exact) mass is 313 g/mol. The quantitative estimate of drug-likeness (QED) is 0.639. The Hall–Kier alpha value is -1.30. The number of carbonyl (C=O) groups excluding carboxylic acids is 1. The first-order chi connectivity index (χ1) is 9.99. The van der Waals surface area contributed by atoms with Gasteiger partial charge in [-0.05, 0) is 51.2 Å². The van der Waals surface area contributed by atoms with E-state index in [4.69, 9.17) is 22.1 Å². The van der Waals surface area contributed by atoms with E-state index in [1.54, 1.807) is 0 Å². The van der Waals surface area contributed by atoms with Crippen LogP contribution in [0.5, 0.6) is 5.75 Å². The fraction of sp³-hybridized carbons (Fsp3) is 0.533. The maximum absolute atomic E-state index is 10.6. The van der Waals surface area contributed by atoms with Crippen molar-refractivity contribution in [2.24, 2.45) is 5.73 Å². The molecular formula is C15H24ClN3O2. The first kappa shape index (κ1) is 17.8. The molecule has 1 rings (SSSR count). The van der Waals surface area contributed by atoms with Gasteiger partial charge in [0.1, 0.15) is 12.4 Å². The highest BCUT2D eigenvalue weighted by atomic mass is 35.5. The minimum absolute atomic E-state index is 0.215. The Morgan fingerprint density at radius 1 is 1.43 bits per heavy atom. The lowest BCUT2D eigenvalue weighted by atomic mass is 10.1. The van der Waals surface area contributed by atoms with E-state index in [2.05, 4.69) is 10.2 Å². The minimum Gasteiger partial charge on any atom is -0.492 e. The number of likely N-dealkylation sites (N-methyl/N-ethyl adjacent to an activating group) is 1. The predicted molar refractivity (Wildman–Crippen MR) is 85.9 cm³/mol. The lowest BCUT2D eigenvalue weighted by Gasteiger charge is -2.14. The normalized spacial score (nSPS) is 10.9. The largest absolute Gasteiger partial charge is 0.492 e. The van der Waals surface area contributed by atoms with Crippen molar-refractivity contribution >= 4 is 17.5 Å². The highest BCUT2D eigenvalue weighted by Gasteiger charge is 2.05. The molecule has 0 radical (unpaired) electrons. The van der Waals surface area contributed by atoms with Crippen LogP contribution in [0.3, 0.4) is 0 Å². The summed E-state index contributed by atoms with van der Waals surface area (Å²) in [6, 6.07) is 5.71. The average molecular weight is 314 g/mol. The highest BCUT2D eigenvalue weighted by Crippen LogP contribution is 2.24. The first-order valence-electron chi connectivity index (χ1n) is 7.04. The Balaban J connectivity index is 2.46. The zero-order valence-corrected chi connectivity index (χ0v) is 13.4. The van der Waals surface area contributed by atoms with Crippen molar-refractivity contribution in [2.45, 2.75) is 12.8 Å². The molecule has 1 aromatic rings. The number of nitrogens with zero attached hydrogens (tertiary/aromatic N) is 1. The predicted octanol–water partition coefficient (Wildman–Crippen LogP) is 1.29. The Morgan fingerprint density at radius 3 is 2.86 bits per heavy atom. The number of primary amides is 1. The molecule has 0 spiro atoms. The molecule has 0 saturated carbocycles. The van der Waals surface area contributed by atoms with Gasteiger partial charge in [-0.2, -0.15) is 0 Å². The van der Waals surface area contributed by atoms with Crippen molar-refractivity contribution < 1.29 is 9.53 Å². The second kappa shape index (κ2) is 9.60. The van der Waals surface area contributed by atoms with Gasteiger partial charge in [0.2, 0.25) is 5.91 Å². The van der Waals surface area contributed by atoms with Crippen molar-refractivity contribution in [3.63, 3.8) is 0 Å². The molecule has 0 fully saturated rings. The van der Waals surface area contributed by atoms with Crippen molar-refractivity contribution in [1.82, 2.24) is 10.2 Å². The third-order valence-electron chi connectivity index (χ3n) is 2.92. The van der Waals surface area contributed by atoms with Gasteiger partial charge >= 0.3 is 0 Å². The fourth-order valence-electron chi connectivity index (χ4n) is 1.82. The molecule has 21 heavy (non-hydrogen) atoms. The zero-order valence-electron chi connectivity index (χ0n) is 12.7. The molecule has 6 heteroatoms. The molecule has 5 nitrogen and oxygen atoms in total. The maximum atomic E-state index is 10.6. The van der Waals surface area contributed by atoms with Crippen LogP contribution >= 0.6 is 11.6 Å². The van der Waals surface area contributed by atoms with E-state index in [0.717, 1.165) is 37.2 Å². The van der Waals surface area contributed by atoms with E-state index in [1.807, 2.05) is 32.3 Å². The van der Waals surface area contributed by atoms with Crippen molar-refractivity contribution in [2.75, 3.05) is 40.3 Å². The molecule has 0 saturated heterocycles. The number of nitrogens with two attached hydrogens (primary N) is 1. The molecule has 1 aromatic carbocycles. The van der Waals surface area contributed by atoms with Crippen LogP contribution in [-0.4, -0.2) is 51.1 Å². The maximum Gasteiger partial charge on any atom is 0.231 e. The standard InChI is InChI=1S/C15H24ClN3O2/c1-19(2)8-9-21-14-10-13(16)6-5-12(14)4-3-7-18-11-15(17)20/h5-6,10,18H,3-4,7-9,11H2,1-2H3,(H2,17,20). The van der Waals surface area contributed by atoms with Crippen LogP contribution < -0.4 is 15.8 Å². The topological polar surface area (TPSA) is 67.6 Å². The van der Waals surface area contributed by atoms with Crippen LogP contribution in [0.1, 0.15) is 12.0 Å². The number of halogens is 1. The van der Waals surface area contributed by atoms with E-state index < -0.39 is 0 Å². The molecule has 1 amide bonds. The molecule has 0 aliphatic heterocycles. The van der Waals surface area contributed by atoms with Crippen LogP contribution in [0.2, 0.25) is 5.02 Å². The summed E-state index contributed by atoms with van der Waals surface area (Å²) in [5, 5.41) is 3.67. The highest BCUT2D eigenvalue weighted by molar-refractivity contribution is 6.30. The van der Waals surface area contributed by atoms with Gasteiger partial charge in [0, 0.05) is 11.6 Å². The summed E-state index contributed by atoms with van der Waals surface area (Å²) in [7, 11) is 4.01. The number of rotatable bonds is 10. The van der Waals surface area contributed by atoms with Gasteiger partial charge in [0.05, 0.1) is 6.54 Å². The SMILES string of the molecule is CN(C)CCOc1cc(Cl)ccc1CCCNCC(N)=O. The molecule has 0 heterocycles. The Bertz CT molecular complexity index is 453. The van der Waals surface area contributed by atoms with Gasteiger partial charge in [0.25, 0.3) is 0 Å². The van der Waals surface area contributed by atoms with Gasteiger partial charge in [0.15, 0.2) is 0 Å². The zero-order chi connectivity index (χ0) is 15.7. The summed E-state index contributed by atoms with van der Waals surface area (Å²) >= 11 is 6.02. The number of carbonyl (C=O) groups is 1. The summed E-state index contributed by atoms with van der Waals surface area (Å²) in [6.45, 7) is 2.43. The fourth-order valence-corrected chi connectivity index (χ4v) is 1.98. The third-order valence-corrected chi connectivity index (χ3v) is 3.16. The number of amides is 1. The van der Waals surface area contributed by atoms with E-state index in [-0.39, 0.29) is 12.5 Å². The molecule has 118 valence electrons. The van der Waals surface area contributed by atoms with Crippen molar-refractivity contribution in [1.29, 1.82) is 0 Å². The minimum atomic E-state index is -0.339. The smallest absolute Gasteiger partial charge is 0.231 e. The molecule has 0 aliphatic rings. The Kier molecular flexibility index (Phi) is 8.12. The Labute approximate surface area is 131 Å². The van der Waals surface area contributed by atoms with Crippen LogP contribution in [0.15, 0.2) is 18.2 Å². The van der Waals surface area contributed by atoms with Crippen LogP contribution in [-0.2, 0) is 11.2 Å². The van der Waals surface area contributed by atoms with Gasteiger partial charge in [-0.1, -0.05) is 17.7 Å². The molecule has 0 bridgehead atoms. The molecule has 0 aliphatic carbocycles. The van der Waals surface area contributed by atoms with E-state index in [1.165, 1.54) is 0 Å². The second-order valence-electron chi connectivity index (χ2n) is 5.15. The lowest BCUT2D eigenvalue weighted by Crippen LogP contribution is -2.29. The summed E-state index contributed by atoms with van der Waals surface area (Å²) in [6.07, 6.45) is 1.76. The van der Waals surface area contributed by atoms with Gasteiger partial charge in [-0.3, -0.25) is 4.79 Å². The van der Waals surface area contributed by atoms with Gasteiger partial charge in [-0.15, -0.1) is 0 Å². The third kappa shape index (κ3) is 7.90. The van der Waals surface area contributed by atoms with E-state index >= 15 is 0 Å². The van der Waals surface area contributed by atoms with Gasteiger partial charge in [-0.25, -0.2) is 0 Å². The number of hydrogen-bond donors (Lipinski definition) is 2. The number of ether oxygens (including phenoxy) is 1. The summed E-state index contributed by atoms with van der Waals surface area (Å²) in [4.78, 5) is 12.7. The average Bonchev–Trinajstić information content (AvgIpc) is 2.39. The first-order valence-corrected chi connectivity index (χ1v) is 7.42.